The fraction of sp³-hybridized carbons (Fsp3) is 0.900. The first kappa shape index (κ1) is 7.65. The Morgan fingerprint density at radius 2 is 2.00 bits per heavy atom. The van der Waals surface area contributed by atoms with E-state index in [1.165, 1.54) is 19.3 Å². The maximum Gasteiger partial charge on any atom is 0.407 e. The van der Waals surface area contributed by atoms with E-state index in [2.05, 4.69) is 5.32 Å². The minimum Gasteiger partial charge on any atom is -0.444 e. The van der Waals surface area contributed by atoms with Crippen molar-refractivity contribution in [3.8, 4) is 0 Å². The van der Waals surface area contributed by atoms with E-state index in [1.54, 1.807) is 0 Å². The molecule has 0 bridgehead atoms. The second-order valence-corrected chi connectivity index (χ2v) is 4.62. The van der Waals surface area contributed by atoms with E-state index in [9.17, 15) is 4.79 Å². The van der Waals surface area contributed by atoms with Gasteiger partial charge in [0.05, 0.1) is 6.04 Å². The summed E-state index contributed by atoms with van der Waals surface area (Å²) in [6.45, 7) is 0. The molecule has 0 aromatic rings. The van der Waals surface area contributed by atoms with Crippen LogP contribution in [0.2, 0.25) is 0 Å². The van der Waals surface area contributed by atoms with E-state index in [0.29, 0.717) is 6.04 Å². The van der Waals surface area contributed by atoms with Crippen LogP contribution in [0.25, 0.3) is 0 Å². The van der Waals surface area contributed by atoms with E-state index in [1.807, 2.05) is 0 Å². The third-order valence-electron chi connectivity index (χ3n) is 3.92. The first-order valence-corrected chi connectivity index (χ1v) is 5.30. The van der Waals surface area contributed by atoms with Gasteiger partial charge in [0.1, 0.15) is 6.10 Å². The summed E-state index contributed by atoms with van der Waals surface area (Å²) in [6.07, 6.45) is 6.34. The van der Waals surface area contributed by atoms with E-state index in [-0.39, 0.29) is 12.2 Å². The van der Waals surface area contributed by atoms with Crippen molar-refractivity contribution in [2.45, 2.75) is 44.2 Å². The molecule has 1 saturated heterocycles. The van der Waals surface area contributed by atoms with E-state index < -0.39 is 0 Å². The number of ether oxygens (including phenoxy) is 1. The van der Waals surface area contributed by atoms with Gasteiger partial charge in [-0.15, -0.1) is 0 Å². The number of hydrogen-bond donors (Lipinski definition) is 1. The van der Waals surface area contributed by atoms with Crippen molar-refractivity contribution in [1.82, 2.24) is 5.32 Å². The van der Waals surface area contributed by atoms with Gasteiger partial charge < -0.3 is 10.1 Å². The van der Waals surface area contributed by atoms with Gasteiger partial charge in [-0.25, -0.2) is 4.79 Å². The zero-order valence-electron chi connectivity index (χ0n) is 7.66. The third kappa shape index (κ3) is 1.13. The van der Waals surface area contributed by atoms with Gasteiger partial charge in [0.15, 0.2) is 0 Å². The zero-order valence-corrected chi connectivity index (χ0v) is 7.66. The topological polar surface area (TPSA) is 38.3 Å². The highest BCUT2D eigenvalue weighted by Crippen LogP contribution is 2.44. The SMILES string of the molecule is O=C1NC2CC3CCCC3CC2O1. The molecule has 3 heteroatoms. The van der Waals surface area contributed by atoms with Crippen LogP contribution in [-0.4, -0.2) is 18.2 Å². The smallest absolute Gasteiger partial charge is 0.407 e. The molecule has 3 nitrogen and oxygen atoms in total. The molecule has 0 aromatic heterocycles. The Morgan fingerprint density at radius 1 is 1.23 bits per heavy atom. The summed E-state index contributed by atoms with van der Waals surface area (Å²) in [5, 5.41) is 2.91. The minimum absolute atomic E-state index is 0.187. The maximum atomic E-state index is 11.0. The molecule has 3 fully saturated rings. The summed E-state index contributed by atoms with van der Waals surface area (Å²) < 4.78 is 5.22. The van der Waals surface area contributed by atoms with Crippen LogP contribution in [-0.2, 0) is 4.74 Å². The highest BCUT2D eigenvalue weighted by Gasteiger charge is 2.44. The summed E-state index contributed by atoms with van der Waals surface area (Å²) in [7, 11) is 0. The monoisotopic (exact) mass is 181 g/mol. The summed E-state index contributed by atoms with van der Waals surface area (Å²) in [6, 6.07) is 0.326. The van der Waals surface area contributed by atoms with Crippen LogP contribution in [0.15, 0.2) is 0 Å². The predicted octanol–water partition coefficient (Wildman–Crippen LogP) is 1.67. The summed E-state index contributed by atoms with van der Waals surface area (Å²) in [4.78, 5) is 11.0. The number of rotatable bonds is 0. The second-order valence-electron chi connectivity index (χ2n) is 4.62. The lowest BCUT2D eigenvalue weighted by Crippen LogP contribution is -2.40. The van der Waals surface area contributed by atoms with E-state index >= 15 is 0 Å². The molecular formula is C10H15NO2. The van der Waals surface area contributed by atoms with Crippen LogP contribution >= 0.6 is 0 Å². The molecular weight excluding hydrogens is 166 g/mol. The molecule has 1 N–H and O–H groups in total. The highest BCUT2D eigenvalue weighted by atomic mass is 16.6. The zero-order chi connectivity index (χ0) is 8.84. The molecule has 2 saturated carbocycles. The second kappa shape index (κ2) is 2.63. The predicted molar refractivity (Wildman–Crippen MR) is 47.3 cm³/mol. The van der Waals surface area contributed by atoms with Crippen molar-refractivity contribution in [3.05, 3.63) is 0 Å². The average Bonchev–Trinajstić information content (AvgIpc) is 2.63. The molecule has 4 atom stereocenters. The maximum absolute atomic E-state index is 11.0. The molecule has 2 aliphatic carbocycles. The Labute approximate surface area is 77.8 Å². The van der Waals surface area contributed by atoms with E-state index in [0.717, 1.165) is 24.7 Å². The van der Waals surface area contributed by atoms with Crippen LogP contribution in [0.1, 0.15) is 32.1 Å². The third-order valence-corrected chi connectivity index (χ3v) is 3.92. The molecule has 3 rings (SSSR count). The van der Waals surface area contributed by atoms with Gasteiger partial charge >= 0.3 is 6.09 Å². The standard InChI is InChI=1S/C10H15NO2/c12-10-11-8-4-6-2-1-3-7(6)5-9(8)13-10/h6-9H,1-5H2,(H,11,12). The fourth-order valence-electron chi connectivity index (χ4n) is 3.28. The number of alkyl carbamates (subject to hydrolysis) is 1. The Hall–Kier alpha value is -0.730. The van der Waals surface area contributed by atoms with Crippen molar-refractivity contribution in [2.24, 2.45) is 11.8 Å². The average molecular weight is 181 g/mol. The first-order chi connectivity index (χ1) is 6.33. The van der Waals surface area contributed by atoms with Crippen LogP contribution < -0.4 is 5.32 Å². The number of hydrogen-bond acceptors (Lipinski definition) is 2. The van der Waals surface area contributed by atoms with E-state index in [4.69, 9.17) is 4.74 Å². The summed E-state index contributed by atoms with van der Waals surface area (Å²) >= 11 is 0. The molecule has 0 aromatic carbocycles. The Bertz CT molecular complexity index is 219. The fourth-order valence-corrected chi connectivity index (χ4v) is 3.28. The van der Waals surface area contributed by atoms with Gasteiger partial charge in [-0.3, -0.25) is 0 Å². The summed E-state index contributed by atoms with van der Waals surface area (Å²) in [5.74, 6) is 1.71. The minimum atomic E-state index is -0.199. The van der Waals surface area contributed by atoms with Crippen molar-refractivity contribution in [3.63, 3.8) is 0 Å². The number of carbonyl (C=O) groups is 1. The Morgan fingerprint density at radius 3 is 2.85 bits per heavy atom. The van der Waals surface area contributed by atoms with Crippen LogP contribution in [0.3, 0.4) is 0 Å². The quantitative estimate of drug-likeness (QED) is 0.617. The molecule has 0 spiro atoms. The van der Waals surface area contributed by atoms with Gasteiger partial charge in [0.2, 0.25) is 0 Å². The van der Waals surface area contributed by atoms with Gasteiger partial charge in [0, 0.05) is 0 Å². The van der Waals surface area contributed by atoms with Crippen LogP contribution in [0.5, 0.6) is 0 Å². The van der Waals surface area contributed by atoms with Crippen LogP contribution in [0.4, 0.5) is 4.79 Å². The highest BCUT2D eigenvalue weighted by molar-refractivity contribution is 5.70. The summed E-state index contributed by atoms with van der Waals surface area (Å²) in [5.41, 5.74) is 0. The lowest BCUT2D eigenvalue weighted by molar-refractivity contribution is 0.0786. The number of nitrogens with one attached hydrogen (secondary N) is 1. The molecule has 1 heterocycles. The lowest BCUT2D eigenvalue weighted by atomic mass is 9.78. The molecule has 13 heavy (non-hydrogen) atoms. The molecule has 4 unspecified atom stereocenters. The first-order valence-electron chi connectivity index (χ1n) is 5.30. The molecule has 0 radical (unpaired) electrons. The van der Waals surface area contributed by atoms with Gasteiger partial charge in [-0.05, 0) is 24.7 Å². The lowest BCUT2D eigenvalue weighted by Gasteiger charge is -2.32. The number of fused-ring (bicyclic) bond motifs is 2. The van der Waals surface area contributed by atoms with Crippen molar-refractivity contribution in [2.75, 3.05) is 0 Å². The van der Waals surface area contributed by atoms with Gasteiger partial charge in [-0.1, -0.05) is 19.3 Å². The molecule has 1 amide bonds. The largest absolute Gasteiger partial charge is 0.444 e. The van der Waals surface area contributed by atoms with Gasteiger partial charge in [-0.2, -0.15) is 0 Å². The van der Waals surface area contributed by atoms with Crippen LogP contribution in [0, 0.1) is 11.8 Å². The molecule has 1 aliphatic heterocycles. The van der Waals surface area contributed by atoms with Crippen molar-refractivity contribution in [1.29, 1.82) is 0 Å². The number of carbonyl (C=O) groups excluding carboxylic acids is 1. The van der Waals surface area contributed by atoms with Crippen molar-refractivity contribution >= 4 is 6.09 Å². The van der Waals surface area contributed by atoms with Gasteiger partial charge in [0.25, 0.3) is 0 Å². The Kier molecular flexibility index (Phi) is 1.55. The number of amides is 1. The normalized spacial score (nSPS) is 47.8. The molecule has 3 aliphatic rings. The molecule has 72 valence electrons. The Balaban J connectivity index is 1.76. The van der Waals surface area contributed by atoms with Crippen molar-refractivity contribution < 1.29 is 9.53 Å².